The van der Waals surface area contributed by atoms with Gasteiger partial charge in [-0.25, -0.2) is 4.79 Å². The van der Waals surface area contributed by atoms with Crippen molar-refractivity contribution in [2.75, 3.05) is 11.9 Å². The van der Waals surface area contributed by atoms with Gasteiger partial charge in [0.25, 0.3) is 0 Å². The Morgan fingerprint density at radius 2 is 2.00 bits per heavy atom. The lowest BCUT2D eigenvalue weighted by atomic mass is 10.1. The second-order valence-electron chi connectivity index (χ2n) is 5.27. The molecular formula is C17H22BrNO2. The van der Waals surface area contributed by atoms with Crippen LogP contribution in [0.4, 0.5) is 5.69 Å². The molecule has 0 aliphatic carbocycles. The zero-order valence-corrected chi connectivity index (χ0v) is 14.3. The second kappa shape index (κ2) is 7.64. The maximum absolute atomic E-state index is 12.2. The minimum absolute atomic E-state index is 0.218. The van der Waals surface area contributed by atoms with E-state index in [1.165, 1.54) is 12.8 Å². The molecule has 4 heteroatoms. The predicted octanol–water partition coefficient (Wildman–Crippen LogP) is 5.11. The molecule has 0 atom stereocenters. The summed E-state index contributed by atoms with van der Waals surface area (Å²) in [6, 6.07) is 5.75. The van der Waals surface area contributed by atoms with Crippen LogP contribution in [0.25, 0.3) is 11.0 Å². The quantitative estimate of drug-likeness (QED) is 0.556. The summed E-state index contributed by atoms with van der Waals surface area (Å²) in [5.41, 5.74) is 2.13. The van der Waals surface area contributed by atoms with E-state index in [0.29, 0.717) is 5.58 Å². The van der Waals surface area contributed by atoms with E-state index < -0.39 is 0 Å². The van der Waals surface area contributed by atoms with Gasteiger partial charge in [-0.3, -0.25) is 0 Å². The Morgan fingerprint density at radius 3 is 2.71 bits per heavy atom. The molecule has 21 heavy (non-hydrogen) atoms. The third kappa shape index (κ3) is 3.88. The summed E-state index contributed by atoms with van der Waals surface area (Å²) in [6.45, 7) is 5.15. The summed E-state index contributed by atoms with van der Waals surface area (Å²) < 4.78 is 6.44. The van der Waals surface area contributed by atoms with Gasteiger partial charge in [0, 0.05) is 16.4 Å². The summed E-state index contributed by atoms with van der Waals surface area (Å²) in [5.74, 6) is 0. The highest BCUT2D eigenvalue weighted by atomic mass is 79.9. The van der Waals surface area contributed by atoms with Gasteiger partial charge in [-0.1, -0.05) is 49.0 Å². The molecule has 0 saturated heterocycles. The Hall–Kier alpha value is -1.29. The van der Waals surface area contributed by atoms with E-state index in [2.05, 4.69) is 35.1 Å². The van der Waals surface area contributed by atoms with E-state index in [-0.39, 0.29) is 5.63 Å². The number of fused-ring (bicyclic) bond motifs is 1. The van der Waals surface area contributed by atoms with Crippen molar-refractivity contribution in [3.05, 3.63) is 38.7 Å². The number of anilines is 1. The van der Waals surface area contributed by atoms with E-state index in [0.717, 1.165) is 46.9 Å². The number of halogens is 1. The largest absolute Gasteiger partial charge is 0.422 e. The highest BCUT2D eigenvalue weighted by Crippen LogP contribution is 2.28. The molecule has 0 spiro atoms. The fraction of sp³-hybridized carbons (Fsp3) is 0.471. The van der Waals surface area contributed by atoms with E-state index in [9.17, 15) is 4.79 Å². The van der Waals surface area contributed by atoms with Crippen molar-refractivity contribution < 1.29 is 4.42 Å². The Labute approximate surface area is 133 Å². The van der Waals surface area contributed by atoms with Crippen LogP contribution in [0.5, 0.6) is 0 Å². The van der Waals surface area contributed by atoms with Crippen LogP contribution in [0.1, 0.15) is 45.1 Å². The van der Waals surface area contributed by atoms with Crippen molar-refractivity contribution in [1.29, 1.82) is 0 Å². The summed E-state index contributed by atoms with van der Waals surface area (Å²) in [4.78, 5) is 12.2. The van der Waals surface area contributed by atoms with Gasteiger partial charge in [0.05, 0.1) is 11.3 Å². The number of nitrogens with one attached hydrogen (secondary N) is 1. The van der Waals surface area contributed by atoms with Gasteiger partial charge in [0.1, 0.15) is 5.58 Å². The average molecular weight is 352 g/mol. The molecule has 1 heterocycles. The van der Waals surface area contributed by atoms with E-state index in [1.807, 2.05) is 18.2 Å². The zero-order valence-electron chi connectivity index (χ0n) is 12.7. The van der Waals surface area contributed by atoms with Crippen molar-refractivity contribution in [3.63, 3.8) is 0 Å². The fourth-order valence-corrected chi connectivity index (χ4v) is 2.84. The number of unbranched alkanes of at least 4 members (excludes halogenated alkanes) is 2. The molecule has 0 radical (unpaired) electrons. The predicted molar refractivity (Wildman–Crippen MR) is 92.2 cm³/mol. The average Bonchev–Trinajstić information content (AvgIpc) is 2.47. The lowest BCUT2D eigenvalue weighted by molar-refractivity contribution is 0.549. The van der Waals surface area contributed by atoms with Crippen molar-refractivity contribution in [1.82, 2.24) is 0 Å². The van der Waals surface area contributed by atoms with Gasteiger partial charge in [-0.15, -0.1) is 0 Å². The van der Waals surface area contributed by atoms with Crippen molar-refractivity contribution in [2.24, 2.45) is 0 Å². The molecule has 114 valence electrons. The second-order valence-corrected chi connectivity index (χ2v) is 6.18. The van der Waals surface area contributed by atoms with E-state index in [4.69, 9.17) is 4.42 Å². The zero-order chi connectivity index (χ0) is 15.2. The number of rotatable bonds is 7. The third-order valence-electron chi connectivity index (χ3n) is 3.54. The van der Waals surface area contributed by atoms with Crippen LogP contribution in [0.2, 0.25) is 0 Å². The fourth-order valence-electron chi connectivity index (χ4n) is 2.48. The molecule has 0 aliphatic heterocycles. The number of benzene rings is 1. The first-order valence-electron chi connectivity index (χ1n) is 7.66. The van der Waals surface area contributed by atoms with Crippen LogP contribution in [0.15, 0.2) is 31.9 Å². The Morgan fingerprint density at radius 1 is 1.19 bits per heavy atom. The van der Waals surface area contributed by atoms with Crippen LogP contribution in [0.3, 0.4) is 0 Å². The van der Waals surface area contributed by atoms with Crippen molar-refractivity contribution in [3.8, 4) is 0 Å². The Balaban J connectivity index is 2.46. The van der Waals surface area contributed by atoms with Gasteiger partial charge < -0.3 is 9.73 Å². The molecule has 1 aromatic carbocycles. The highest BCUT2D eigenvalue weighted by molar-refractivity contribution is 9.10. The molecule has 1 N–H and O–H groups in total. The maximum Gasteiger partial charge on any atom is 0.341 e. The first-order valence-corrected chi connectivity index (χ1v) is 8.45. The smallest absolute Gasteiger partial charge is 0.341 e. The molecule has 0 fully saturated rings. The summed E-state index contributed by atoms with van der Waals surface area (Å²) in [5, 5.41) is 4.44. The minimum Gasteiger partial charge on any atom is -0.422 e. The van der Waals surface area contributed by atoms with Crippen LogP contribution in [-0.2, 0) is 6.42 Å². The van der Waals surface area contributed by atoms with Gasteiger partial charge in [0.15, 0.2) is 0 Å². The Kier molecular flexibility index (Phi) is 5.85. The standard InChI is InChI=1S/C17H22BrNO2/c1-3-5-6-10-19-16-13(7-4-2)17(20)21-15-9-8-12(18)11-14(15)16/h8-9,11,19H,3-7,10H2,1-2H3. The van der Waals surface area contributed by atoms with Gasteiger partial charge >= 0.3 is 5.63 Å². The van der Waals surface area contributed by atoms with Crippen LogP contribution >= 0.6 is 15.9 Å². The molecule has 1 aromatic heterocycles. The first-order chi connectivity index (χ1) is 10.2. The lowest BCUT2D eigenvalue weighted by Crippen LogP contribution is -2.14. The molecule has 2 rings (SSSR count). The van der Waals surface area contributed by atoms with Crippen LogP contribution in [-0.4, -0.2) is 6.54 Å². The SMILES string of the molecule is CCCCCNc1c(CCC)c(=O)oc2ccc(Br)cc12. The topological polar surface area (TPSA) is 42.2 Å². The van der Waals surface area contributed by atoms with Crippen molar-refractivity contribution >= 4 is 32.6 Å². The molecular weight excluding hydrogens is 330 g/mol. The molecule has 0 amide bonds. The normalized spacial score (nSPS) is 11.0. The molecule has 0 aliphatic rings. The summed E-state index contributed by atoms with van der Waals surface area (Å²) in [7, 11) is 0. The van der Waals surface area contributed by atoms with E-state index >= 15 is 0 Å². The molecule has 0 bridgehead atoms. The molecule has 0 saturated carbocycles. The monoisotopic (exact) mass is 351 g/mol. The van der Waals surface area contributed by atoms with Gasteiger partial charge in [-0.2, -0.15) is 0 Å². The maximum atomic E-state index is 12.2. The third-order valence-corrected chi connectivity index (χ3v) is 4.04. The molecule has 3 nitrogen and oxygen atoms in total. The first kappa shape index (κ1) is 16.1. The Bertz CT molecular complexity index is 664. The van der Waals surface area contributed by atoms with Gasteiger partial charge in [-0.05, 0) is 31.0 Å². The molecule has 2 aromatic rings. The van der Waals surface area contributed by atoms with Crippen molar-refractivity contribution in [2.45, 2.75) is 46.0 Å². The lowest BCUT2D eigenvalue weighted by Gasteiger charge is -2.13. The highest BCUT2D eigenvalue weighted by Gasteiger charge is 2.14. The van der Waals surface area contributed by atoms with Crippen LogP contribution < -0.4 is 10.9 Å². The molecule has 0 unspecified atom stereocenters. The summed E-state index contributed by atoms with van der Waals surface area (Å²) in [6.07, 6.45) is 5.15. The van der Waals surface area contributed by atoms with Gasteiger partial charge in [0.2, 0.25) is 0 Å². The number of hydrogen-bond donors (Lipinski definition) is 1. The number of hydrogen-bond acceptors (Lipinski definition) is 3. The van der Waals surface area contributed by atoms with Crippen LogP contribution in [0, 0.1) is 0 Å². The van der Waals surface area contributed by atoms with E-state index in [1.54, 1.807) is 0 Å². The summed E-state index contributed by atoms with van der Waals surface area (Å²) >= 11 is 3.49. The minimum atomic E-state index is -0.218.